The van der Waals surface area contributed by atoms with E-state index in [1.54, 1.807) is 26.0 Å². The van der Waals surface area contributed by atoms with Crippen LogP contribution in [0.3, 0.4) is 0 Å². The number of piperidine rings is 1. The highest BCUT2D eigenvalue weighted by Gasteiger charge is 2.43. The van der Waals surface area contributed by atoms with Gasteiger partial charge in [0.25, 0.3) is 0 Å². The van der Waals surface area contributed by atoms with Crippen molar-refractivity contribution in [3.05, 3.63) is 47.1 Å². The van der Waals surface area contributed by atoms with E-state index in [0.29, 0.717) is 24.5 Å². The third kappa shape index (κ3) is 4.84. The zero-order valence-corrected chi connectivity index (χ0v) is 19.0. The number of sulfone groups is 1. The first kappa shape index (κ1) is 22.4. The van der Waals surface area contributed by atoms with Crippen LogP contribution in [0.1, 0.15) is 29.9 Å². The van der Waals surface area contributed by atoms with Crippen LogP contribution in [-0.4, -0.2) is 68.0 Å². The summed E-state index contributed by atoms with van der Waals surface area (Å²) in [4.78, 5) is 4.69. The predicted octanol–water partition coefficient (Wildman–Crippen LogP) is 2.35. The Kier molecular flexibility index (Phi) is 6.76. The maximum atomic E-state index is 13.8. The van der Waals surface area contributed by atoms with Crippen LogP contribution in [0.25, 0.3) is 0 Å². The molecule has 31 heavy (non-hydrogen) atoms. The van der Waals surface area contributed by atoms with Gasteiger partial charge in [-0.25, -0.2) is 12.8 Å². The number of nitrogens with one attached hydrogen (secondary N) is 1. The van der Waals surface area contributed by atoms with Crippen LogP contribution in [0.2, 0.25) is 0 Å². The third-order valence-electron chi connectivity index (χ3n) is 6.44. The fraction of sp³-hybridized carbons (Fsp3) is 0.591. The van der Waals surface area contributed by atoms with Crippen molar-refractivity contribution in [1.82, 2.24) is 20.3 Å². The fourth-order valence-corrected chi connectivity index (χ4v) is 7.41. The molecule has 1 atom stereocenters. The number of aryl methyl sites for hydroxylation is 2. The van der Waals surface area contributed by atoms with Gasteiger partial charge >= 0.3 is 0 Å². The first-order valence-corrected chi connectivity index (χ1v) is 12.5. The zero-order chi connectivity index (χ0) is 22.0. The Morgan fingerprint density at radius 3 is 2.35 bits per heavy atom. The molecule has 0 saturated carbocycles. The molecule has 9 heteroatoms. The molecule has 2 aliphatic rings. The summed E-state index contributed by atoms with van der Waals surface area (Å²) in [7, 11) is -3.62. The molecule has 1 aromatic heterocycles. The van der Waals surface area contributed by atoms with Crippen molar-refractivity contribution in [2.75, 3.05) is 39.3 Å². The van der Waals surface area contributed by atoms with Crippen LogP contribution in [0.4, 0.5) is 4.39 Å². The van der Waals surface area contributed by atoms with Gasteiger partial charge in [-0.15, -0.1) is 0 Å². The van der Waals surface area contributed by atoms with E-state index in [-0.39, 0.29) is 16.6 Å². The Bertz CT molecular complexity index is 959. The van der Waals surface area contributed by atoms with Gasteiger partial charge in [0.15, 0.2) is 15.6 Å². The van der Waals surface area contributed by atoms with Crippen molar-refractivity contribution in [1.29, 1.82) is 0 Å². The van der Waals surface area contributed by atoms with Crippen molar-refractivity contribution in [3.63, 3.8) is 0 Å². The van der Waals surface area contributed by atoms with E-state index in [2.05, 4.69) is 20.3 Å². The second-order valence-corrected chi connectivity index (χ2v) is 10.6. The van der Waals surface area contributed by atoms with Crippen molar-refractivity contribution in [3.8, 4) is 0 Å². The van der Waals surface area contributed by atoms with E-state index in [1.807, 2.05) is 0 Å². The van der Waals surface area contributed by atoms with Gasteiger partial charge in [-0.05, 0) is 63.4 Å². The number of aromatic nitrogens is 1. The molecule has 0 amide bonds. The van der Waals surface area contributed by atoms with Gasteiger partial charge < -0.3 is 9.84 Å². The second-order valence-electron chi connectivity index (χ2n) is 8.61. The Balaban J connectivity index is 1.52. The molecule has 0 bridgehead atoms. The molecular formula is C22H31FN4O3S. The lowest BCUT2D eigenvalue weighted by atomic mass is 9.96. The number of hydrogen-bond acceptors (Lipinski definition) is 7. The van der Waals surface area contributed by atoms with Gasteiger partial charge in [0.1, 0.15) is 16.1 Å². The minimum Gasteiger partial charge on any atom is -0.360 e. The van der Waals surface area contributed by atoms with Crippen LogP contribution in [0.5, 0.6) is 0 Å². The highest BCUT2D eigenvalue weighted by Crippen LogP contribution is 2.33. The standard InChI is InChI=1S/C22H31FN4O3S/c1-16-21(17(2)30-25-16)31(28,29)22(19-7-9-24-10-8-19)27-13-11-26(12-14-27)15-18-3-5-20(23)6-4-18/h3-6,19,22,24H,7-15H2,1-2H3. The first-order valence-electron chi connectivity index (χ1n) is 10.9. The largest absolute Gasteiger partial charge is 0.360 e. The number of nitrogens with zero attached hydrogens (tertiary/aromatic N) is 3. The summed E-state index contributed by atoms with van der Waals surface area (Å²) in [5.74, 6) is 0.206. The minimum absolute atomic E-state index is 0.0728. The first-order chi connectivity index (χ1) is 14.9. The average molecular weight is 451 g/mol. The molecular weight excluding hydrogens is 419 g/mol. The van der Waals surface area contributed by atoms with Crippen molar-refractivity contribution >= 4 is 9.84 Å². The second kappa shape index (κ2) is 9.36. The summed E-state index contributed by atoms with van der Waals surface area (Å²) in [6.45, 7) is 8.69. The molecule has 4 rings (SSSR count). The van der Waals surface area contributed by atoms with Crippen LogP contribution >= 0.6 is 0 Å². The Hall–Kier alpha value is -1.81. The lowest BCUT2D eigenvalue weighted by Gasteiger charge is -2.42. The van der Waals surface area contributed by atoms with Gasteiger partial charge in [-0.1, -0.05) is 17.3 Å². The highest BCUT2D eigenvalue weighted by atomic mass is 32.2. The summed E-state index contributed by atoms with van der Waals surface area (Å²) >= 11 is 0. The van der Waals surface area contributed by atoms with Crippen LogP contribution in [0, 0.1) is 25.6 Å². The van der Waals surface area contributed by atoms with E-state index >= 15 is 0 Å². The molecule has 170 valence electrons. The summed E-state index contributed by atoms with van der Waals surface area (Å²) < 4.78 is 46.0. The summed E-state index contributed by atoms with van der Waals surface area (Å²) in [6.07, 6.45) is 1.67. The minimum atomic E-state index is -3.62. The number of rotatable bonds is 6. The third-order valence-corrected chi connectivity index (χ3v) is 8.91. The summed E-state index contributed by atoms with van der Waals surface area (Å²) in [6, 6.07) is 6.58. The topological polar surface area (TPSA) is 78.7 Å². The monoisotopic (exact) mass is 450 g/mol. The Morgan fingerprint density at radius 1 is 1.13 bits per heavy atom. The zero-order valence-electron chi connectivity index (χ0n) is 18.2. The molecule has 1 aromatic carbocycles. The van der Waals surface area contributed by atoms with Gasteiger partial charge in [-0.2, -0.15) is 0 Å². The molecule has 0 radical (unpaired) electrons. The maximum absolute atomic E-state index is 13.8. The maximum Gasteiger partial charge on any atom is 0.200 e. The fourth-order valence-electron chi connectivity index (χ4n) is 4.90. The quantitative estimate of drug-likeness (QED) is 0.724. The molecule has 1 unspecified atom stereocenters. The molecule has 2 fully saturated rings. The smallest absolute Gasteiger partial charge is 0.200 e. The number of halogens is 1. The number of benzene rings is 1. The van der Waals surface area contributed by atoms with Gasteiger partial charge in [0.05, 0.1) is 5.69 Å². The van der Waals surface area contributed by atoms with Crippen LogP contribution < -0.4 is 5.32 Å². The normalized spacial score (nSPS) is 20.7. The molecule has 2 saturated heterocycles. The van der Waals surface area contributed by atoms with Gasteiger partial charge in [0, 0.05) is 32.7 Å². The lowest BCUT2D eigenvalue weighted by molar-refractivity contribution is 0.0894. The van der Waals surface area contributed by atoms with E-state index in [9.17, 15) is 12.8 Å². The van der Waals surface area contributed by atoms with E-state index < -0.39 is 15.2 Å². The predicted molar refractivity (Wildman–Crippen MR) is 116 cm³/mol. The van der Waals surface area contributed by atoms with Crippen LogP contribution in [0.15, 0.2) is 33.7 Å². The average Bonchev–Trinajstić information content (AvgIpc) is 3.10. The van der Waals surface area contributed by atoms with Gasteiger partial charge in [0.2, 0.25) is 0 Å². The van der Waals surface area contributed by atoms with E-state index in [0.717, 1.165) is 51.1 Å². The van der Waals surface area contributed by atoms with E-state index in [4.69, 9.17) is 4.52 Å². The number of piperazine rings is 1. The molecule has 7 nitrogen and oxygen atoms in total. The Labute approximate surface area is 183 Å². The van der Waals surface area contributed by atoms with Crippen LogP contribution in [-0.2, 0) is 16.4 Å². The van der Waals surface area contributed by atoms with E-state index in [1.165, 1.54) is 12.1 Å². The molecule has 2 aliphatic heterocycles. The Morgan fingerprint density at radius 2 is 1.77 bits per heavy atom. The van der Waals surface area contributed by atoms with Gasteiger partial charge in [-0.3, -0.25) is 9.80 Å². The lowest BCUT2D eigenvalue weighted by Crippen LogP contribution is -2.56. The highest BCUT2D eigenvalue weighted by molar-refractivity contribution is 7.92. The number of hydrogen-bond donors (Lipinski definition) is 1. The molecule has 2 aromatic rings. The summed E-state index contributed by atoms with van der Waals surface area (Å²) in [5, 5.41) is 6.67. The molecule has 0 spiro atoms. The molecule has 3 heterocycles. The van der Waals surface area contributed by atoms with Crippen molar-refractivity contribution in [2.45, 2.75) is 43.5 Å². The van der Waals surface area contributed by atoms with Crippen molar-refractivity contribution in [2.24, 2.45) is 5.92 Å². The summed E-state index contributed by atoms with van der Waals surface area (Å²) in [5.41, 5.74) is 1.50. The molecule has 1 N–H and O–H groups in total. The SMILES string of the molecule is Cc1noc(C)c1S(=O)(=O)C(C1CCNCC1)N1CCN(Cc2ccc(F)cc2)CC1. The molecule has 0 aliphatic carbocycles. The van der Waals surface area contributed by atoms with Crippen molar-refractivity contribution < 1.29 is 17.3 Å².